The number of H-pyrrole nitrogens is 1. The van der Waals surface area contributed by atoms with Crippen LogP contribution < -0.4 is 10.5 Å². The number of hydrogen-bond acceptors (Lipinski definition) is 5. The molecule has 0 saturated carbocycles. The van der Waals surface area contributed by atoms with Gasteiger partial charge in [0, 0.05) is 24.2 Å². The van der Waals surface area contributed by atoms with Gasteiger partial charge in [0.05, 0.1) is 24.6 Å². The van der Waals surface area contributed by atoms with Crippen molar-refractivity contribution < 1.29 is 13.6 Å². The monoisotopic (exact) mass is 419 g/mol. The van der Waals surface area contributed by atoms with Gasteiger partial charge in [-0.1, -0.05) is 29.3 Å². The second-order valence-corrected chi connectivity index (χ2v) is 7.13. The summed E-state index contributed by atoms with van der Waals surface area (Å²) in [7, 11) is 0. The molecule has 10 heteroatoms. The molecule has 7 nitrogen and oxygen atoms in total. The van der Waals surface area contributed by atoms with Crippen LogP contribution in [0.1, 0.15) is 39.4 Å². The number of aromatic nitrogens is 4. The minimum Gasteiger partial charge on any atom is -0.360 e. The second-order valence-electron chi connectivity index (χ2n) is 6.75. The molecular weight excluding hydrogens is 404 g/mol. The van der Waals surface area contributed by atoms with Crippen LogP contribution in [0.2, 0.25) is 5.02 Å². The van der Waals surface area contributed by atoms with Crippen LogP contribution >= 0.6 is 11.6 Å². The summed E-state index contributed by atoms with van der Waals surface area (Å²) >= 11 is 6.07. The summed E-state index contributed by atoms with van der Waals surface area (Å²) in [6.45, 7) is 2.83. The average molecular weight is 420 g/mol. The predicted octanol–water partition coefficient (Wildman–Crippen LogP) is 3.12. The molecule has 3 heterocycles. The lowest BCUT2D eigenvalue weighted by molar-refractivity contribution is 0.101. The zero-order chi connectivity index (χ0) is 20.7. The normalized spacial score (nSPS) is 13.6. The number of fused-ring (bicyclic) bond motifs is 1. The number of ketones is 1. The fraction of sp³-hybridized carbons (Fsp3) is 0.263. The number of imidazole rings is 1. The molecule has 2 aromatic heterocycles. The number of carbonyl (C=O) groups excluding carboxylic acids is 1. The van der Waals surface area contributed by atoms with E-state index in [1.165, 1.54) is 24.5 Å². The molecule has 0 unspecified atom stereocenters. The van der Waals surface area contributed by atoms with E-state index in [2.05, 4.69) is 15.2 Å². The highest BCUT2D eigenvalue weighted by molar-refractivity contribution is 6.33. The fourth-order valence-corrected chi connectivity index (χ4v) is 3.66. The molecular formula is C19H16ClF2N5O2. The molecule has 3 aromatic rings. The van der Waals surface area contributed by atoms with Crippen molar-refractivity contribution in [2.75, 3.05) is 11.4 Å². The lowest BCUT2D eigenvalue weighted by Crippen LogP contribution is -2.36. The van der Waals surface area contributed by atoms with E-state index < -0.39 is 17.8 Å². The van der Waals surface area contributed by atoms with E-state index in [0.29, 0.717) is 36.7 Å². The maximum Gasteiger partial charge on any atom is 0.285 e. The maximum absolute atomic E-state index is 13.4. The van der Waals surface area contributed by atoms with Gasteiger partial charge in [0.15, 0.2) is 0 Å². The molecule has 150 valence electrons. The van der Waals surface area contributed by atoms with Gasteiger partial charge in [-0.25, -0.2) is 18.9 Å². The molecule has 1 aliphatic rings. The Morgan fingerprint density at radius 3 is 2.83 bits per heavy atom. The third-order valence-corrected chi connectivity index (χ3v) is 5.27. The van der Waals surface area contributed by atoms with E-state index in [9.17, 15) is 18.4 Å². The Kier molecular flexibility index (Phi) is 4.91. The number of alkyl halides is 2. The summed E-state index contributed by atoms with van der Waals surface area (Å²) < 4.78 is 28.6. The highest BCUT2D eigenvalue weighted by Gasteiger charge is 2.27. The highest BCUT2D eigenvalue weighted by atomic mass is 35.5. The number of benzene rings is 1. The molecule has 0 saturated heterocycles. The number of halogens is 3. The third-order valence-electron chi connectivity index (χ3n) is 4.90. The second kappa shape index (κ2) is 7.40. The number of nitrogens with one attached hydrogen (secondary N) is 1. The van der Waals surface area contributed by atoms with Crippen molar-refractivity contribution in [3.63, 3.8) is 0 Å². The van der Waals surface area contributed by atoms with Crippen LogP contribution in [0.3, 0.4) is 0 Å². The van der Waals surface area contributed by atoms with Crippen molar-refractivity contribution in [1.29, 1.82) is 0 Å². The Morgan fingerprint density at radius 1 is 1.28 bits per heavy atom. The molecule has 1 N–H and O–H groups in total. The minimum atomic E-state index is -2.75. The lowest BCUT2D eigenvalue weighted by Gasteiger charge is -2.30. The predicted molar refractivity (Wildman–Crippen MR) is 103 cm³/mol. The van der Waals surface area contributed by atoms with Crippen molar-refractivity contribution in [3.8, 4) is 0 Å². The summed E-state index contributed by atoms with van der Waals surface area (Å²) in [5.74, 6) is 0.0741. The number of nitrogens with zero attached hydrogens (tertiary/aromatic N) is 4. The SMILES string of the molecule is Cc1ccc(C(=O)c2cnc3n2CCN(c2cn[nH]c(=O)c2Cl)C3)c(C(F)F)c1. The van der Waals surface area contributed by atoms with E-state index in [-0.39, 0.29) is 21.8 Å². The van der Waals surface area contributed by atoms with Crippen molar-refractivity contribution in [3.05, 3.63) is 74.2 Å². The van der Waals surface area contributed by atoms with Crippen LogP contribution in [-0.4, -0.2) is 32.1 Å². The van der Waals surface area contributed by atoms with E-state index in [0.717, 1.165) is 0 Å². The highest BCUT2D eigenvalue weighted by Crippen LogP contribution is 2.29. The Bertz CT molecular complexity index is 1160. The van der Waals surface area contributed by atoms with Gasteiger partial charge in [0.2, 0.25) is 5.78 Å². The quantitative estimate of drug-likeness (QED) is 0.657. The van der Waals surface area contributed by atoms with Crippen molar-refractivity contribution in [1.82, 2.24) is 19.7 Å². The van der Waals surface area contributed by atoms with Gasteiger partial charge in [-0.15, -0.1) is 0 Å². The molecule has 4 rings (SSSR count). The minimum absolute atomic E-state index is 0.0255. The fourth-order valence-electron chi connectivity index (χ4n) is 3.45. The van der Waals surface area contributed by atoms with Gasteiger partial charge in [-0.3, -0.25) is 9.59 Å². The maximum atomic E-state index is 13.4. The number of anilines is 1. The summed E-state index contributed by atoms with van der Waals surface area (Å²) in [5, 5.41) is 6.05. The van der Waals surface area contributed by atoms with Crippen LogP contribution in [0.15, 0.2) is 35.4 Å². The number of rotatable bonds is 4. The summed E-state index contributed by atoms with van der Waals surface area (Å²) in [4.78, 5) is 30.8. The number of aryl methyl sites for hydroxylation is 1. The van der Waals surface area contributed by atoms with E-state index >= 15 is 0 Å². The standard InChI is InChI=1S/C19H16ClF2N5O2/c1-10-2-3-11(12(6-10)18(21)22)17(28)14-7-23-15-9-26(4-5-27(14)15)13-8-24-25-19(29)16(13)20/h2-3,6-8,18H,4-5,9H2,1H3,(H,25,29). The lowest BCUT2D eigenvalue weighted by atomic mass is 9.99. The van der Waals surface area contributed by atoms with Crippen molar-refractivity contribution in [2.24, 2.45) is 0 Å². The summed E-state index contributed by atoms with van der Waals surface area (Å²) in [5.41, 5.74) is 0.567. The number of aromatic amines is 1. The van der Waals surface area contributed by atoms with Crippen LogP contribution in [-0.2, 0) is 13.1 Å². The third kappa shape index (κ3) is 3.42. The molecule has 0 atom stereocenters. The zero-order valence-electron chi connectivity index (χ0n) is 15.3. The Balaban J connectivity index is 1.66. The zero-order valence-corrected chi connectivity index (χ0v) is 16.1. The summed E-state index contributed by atoms with van der Waals surface area (Å²) in [6, 6.07) is 4.39. The van der Waals surface area contributed by atoms with Crippen molar-refractivity contribution in [2.45, 2.75) is 26.4 Å². The molecule has 0 amide bonds. The Labute approximate surface area is 168 Å². The largest absolute Gasteiger partial charge is 0.360 e. The molecule has 0 fully saturated rings. The van der Waals surface area contributed by atoms with E-state index in [1.807, 2.05) is 4.90 Å². The first-order valence-corrected chi connectivity index (χ1v) is 9.20. The first kappa shape index (κ1) is 19.3. The average Bonchev–Trinajstić information content (AvgIpc) is 3.12. The van der Waals surface area contributed by atoms with E-state index in [4.69, 9.17) is 11.6 Å². The molecule has 1 aliphatic heterocycles. The molecule has 0 radical (unpaired) electrons. The molecule has 0 bridgehead atoms. The first-order chi connectivity index (χ1) is 13.9. The van der Waals surface area contributed by atoms with Crippen LogP contribution in [0.5, 0.6) is 0 Å². The van der Waals surface area contributed by atoms with Crippen LogP contribution in [0.25, 0.3) is 0 Å². The smallest absolute Gasteiger partial charge is 0.285 e. The van der Waals surface area contributed by atoms with Crippen LogP contribution in [0.4, 0.5) is 14.5 Å². The molecule has 0 spiro atoms. The number of hydrogen-bond donors (Lipinski definition) is 1. The first-order valence-electron chi connectivity index (χ1n) is 8.82. The van der Waals surface area contributed by atoms with Crippen LogP contribution in [0, 0.1) is 6.92 Å². The van der Waals surface area contributed by atoms with Crippen molar-refractivity contribution >= 4 is 23.1 Å². The van der Waals surface area contributed by atoms with Gasteiger partial charge in [-0.2, -0.15) is 5.10 Å². The summed E-state index contributed by atoms with van der Waals surface area (Å²) in [6.07, 6.45) is 0.0997. The number of carbonyl (C=O) groups is 1. The van der Waals surface area contributed by atoms with Gasteiger partial charge < -0.3 is 9.47 Å². The van der Waals surface area contributed by atoms with Gasteiger partial charge in [0.1, 0.15) is 16.5 Å². The molecule has 0 aliphatic carbocycles. The Morgan fingerprint density at radius 2 is 2.07 bits per heavy atom. The topological polar surface area (TPSA) is 83.9 Å². The molecule has 1 aromatic carbocycles. The van der Waals surface area contributed by atoms with Gasteiger partial charge >= 0.3 is 0 Å². The van der Waals surface area contributed by atoms with E-state index in [1.54, 1.807) is 17.6 Å². The molecule has 29 heavy (non-hydrogen) atoms. The van der Waals surface area contributed by atoms with Gasteiger partial charge in [-0.05, 0) is 13.0 Å². The Hall–Kier alpha value is -3.07. The van der Waals surface area contributed by atoms with Gasteiger partial charge in [0.25, 0.3) is 12.0 Å².